The lowest BCUT2D eigenvalue weighted by Crippen LogP contribution is -2.19. The molecule has 0 unspecified atom stereocenters. The lowest BCUT2D eigenvalue weighted by molar-refractivity contribution is -0.116. The van der Waals surface area contributed by atoms with Crippen molar-refractivity contribution >= 4 is 27.5 Å². The molecule has 2 rings (SSSR count). The van der Waals surface area contributed by atoms with Crippen LogP contribution in [0.1, 0.15) is 27.9 Å². The molecular formula is C18H21N3O4S. The summed E-state index contributed by atoms with van der Waals surface area (Å²) in [6.07, 6.45) is 0.670. The molecule has 2 aromatic carbocycles. The molecule has 2 amide bonds. The maximum atomic E-state index is 12.2. The summed E-state index contributed by atoms with van der Waals surface area (Å²) in [5, 5.41) is 10.4. The Hall–Kier alpha value is -2.71. The number of primary sulfonamides is 1. The van der Waals surface area contributed by atoms with Gasteiger partial charge in [-0.05, 0) is 48.7 Å². The van der Waals surface area contributed by atoms with Crippen LogP contribution in [0, 0.1) is 6.92 Å². The number of hydrogen-bond acceptors (Lipinski definition) is 4. The number of nitrogens with two attached hydrogens (primary N) is 1. The summed E-state index contributed by atoms with van der Waals surface area (Å²) in [7, 11) is -2.18. The van der Waals surface area contributed by atoms with Crippen molar-refractivity contribution in [2.24, 2.45) is 5.14 Å². The van der Waals surface area contributed by atoms with Gasteiger partial charge >= 0.3 is 0 Å². The summed E-state index contributed by atoms with van der Waals surface area (Å²) in [5.41, 5.74) is 2.72. The molecule has 0 fully saturated rings. The average molecular weight is 375 g/mol. The van der Waals surface area contributed by atoms with E-state index in [1.54, 1.807) is 37.4 Å². The molecule has 0 spiro atoms. The van der Waals surface area contributed by atoms with Crippen LogP contribution in [0.25, 0.3) is 0 Å². The number of carbonyl (C=O) groups excluding carboxylic acids is 2. The van der Waals surface area contributed by atoms with Crippen molar-refractivity contribution in [3.63, 3.8) is 0 Å². The maximum absolute atomic E-state index is 12.2. The van der Waals surface area contributed by atoms with Crippen LogP contribution in [0.4, 0.5) is 5.69 Å². The molecule has 26 heavy (non-hydrogen) atoms. The molecule has 0 saturated heterocycles. The second-order valence-corrected chi connectivity index (χ2v) is 7.41. The largest absolute Gasteiger partial charge is 0.355 e. The summed E-state index contributed by atoms with van der Waals surface area (Å²) in [6, 6.07) is 11.2. The van der Waals surface area contributed by atoms with E-state index in [2.05, 4.69) is 10.6 Å². The van der Waals surface area contributed by atoms with Gasteiger partial charge in [-0.25, -0.2) is 13.6 Å². The summed E-state index contributed by atoms with van der Waals surface area (Å²) >= 11 is 0. The lowest BCUT2D eigenvalue weighted by atomic mass is 10.1. The normalized spacial score (nSPS) is 11.0. The van der Waals surface area contributed by atoms with Gasteiger partial charge in [-0.1, -0.05) is 18.2 Å². The van der Waals surface area contributed by atoms with Crippen LogP contribution in [0.5, 0.6) is 0 Å². The fraction of sp³-hybridized carbons (Fsp3) is 0.222. The van der Waals surface area contributed by atoms with Crippen molar-refractivity contribution in [2.45, 2.75) is 24.7 Å². The number of amides is 2. The Morgan fingerprint density at radius 1 is 1.08 bits per heavy atom. The molecule has 0 radical (unpaired) electrons. The van der Waals surface area contributed by atoms with E-state index in [0.717, 1.165) is 11.1 Å². The topological polar surface area (TPSA) is 118 Å². The van der Waals surface area contributed by atoms with Gasteiger partial charge in [-0.15, -0.1) is 0 Å². The van der Waals surface area contributed by atoms with Gasteiger partial charge in [0.2, 0.25) is 15.9 Å². The van der Waals surface area contributed by atoms with E-state index in [-0.39, 0.29) is 23.1 Å². The number of benzene rings is 2. The lowest BCUT2D eigenvalue weighted by Gasteiger charge is -2.10. The van der Waals surface area contributed by atoms with E-state index in [4.69, 9.17) is 5.14 Å². The van der Waals surface area contributed by atoms with Gasteiger partial charge < -0.3 is 10.6 Å². The Labute approximate surface area is 152 Å². The molecule has 0 heterocycles. The van der Waals surface area contributed by atoms with Gasteiger partial charge in [-0.3, -0.25) is 9.59 Å². The molecule has 0 aliphatic rings. The molecule has 7 nitrogen and oxygen atoms in total. The highest BCUT2D eigenvalue weighted by molar-refractivity contribution is 7.89. The fourth-order valence-electron chi connectivity index (χ4n) is 2.36. The molecule has 0 bridgehead atoms. The highest BCUT2D eigenvalue weighted by atomic mass is 32.2. The smallest absolute Gasteiger partial charge is 0.251 e. The van der Waals surface area contributed by atoms with E-state index in [1.165, 1.54) is 12.1 Å². The predicted molar refractivity (Wildman–Crippen MR) is 99.3 cm³/mol. The van der Waals surface area contributed by atoms with Crippen LogP contribution in [0.15, 0.2) is 47.4 Å². The third-order valence-corrected chi connectivity index (χ3v) is 4.82. The molecule has 138 valence electrons. The first kappa shape index (κ1) is 19.6. The summed E-state index contributed by atoms with van der Waals surface area (Å²) in [5.74, 6) is -0.423. The molecule has 8 heteroatoms. The minimum Gasteiger partial charge on any atom is -0.355 e. The van der Waals surface area contributed by atoms with Gasteiger partial charge in [0.15, 0.2) is 0 Å². The molecule has 0 aliphatic carbocycles. The molecule has 0 saturated carbocycles. The number of rotatable bonds is 6. The highest BCUT2D eigenvalue weighted by Gasteiger charge is 2.10. The standard InChI is InChI=1S/C18H21N3O4S/c1-12-3-7-14(18(23)20-2)11-16(12)21-17(22)10-6-13-4-8-15(9-5-13)26(19,24)25/h3-5,7-9,11H,6,10H2,1-2H3,(H,20,23)(H,21,22)(H2,19,24,25). The summed E-state index contributed by atoms with van der Waals surface area (Å²) < 4.78 is 22.5. The second kappa shape index (κ2) is 8.11. The fourth-order valence-corrected chi connectivity index (χ4v) is 2.87. The number of aryl methyl sites for hydroxylation is 2. The highest BCUT2D eigenvalue weighted by Crippen LogP contribution is 2.18. The van der Waals surface area contributed by atoms with Gasteiger partial charge in [0.25, 0.3) is 5.91 Å². The zero-order valence-corrected chi connectivity index (χ0v) is 15.4. The third kappa shape index (κ3) is 5.14. The van der Waals surface area contributed by atoms with Gasteiger partial charge in [0.1, 0.15) is 0 Å². The molecule has 0 atom stereocenters. The van der Waals surface area contributed by atoms with Gasteiger partial charge in [-0.2, -0.15) is 0 Å². The van der Waals surface area contributed by atoms with Gasteiger partial charge in [0.05, 0.1) is 4.90 Å². The second-order valence-electron chi connectivity index (χ2n) is 5.85. The molecule has 0 aromatic heterocycles. The average Bonchev–Trinajstić information content (AvgIpc) is 2.60. The van der Waals surface area contributed by atoms with E-state index in [1.807, 2.05) is 6.92 Å². The zero-order chi connectivity index (χ0) is 19.3. The first-order valence-corrected chi connectivity index (χ1v) is 9.49. The number of hydrogen-bond donors (Lipinski definition) is 3. The van der Waals surface area contributed by atoms with Crippen LogP contribution in [0.3, 0.4) is 0 Å². The number of carbonyl (C=O) groups is 2. The Balaban J connectivity index is 2.00. The third-order valence-electron chi connectivity index (χ3n) is 3.89. The number of sulfonamides is 1. The Bertz CT molecular complexity index is 922. The van der Waals surface area contributed by atoms with Crippen molar-refractivity contribution in [1.82, 2.24) is 5.32 Å². The molecule has 0 aliphatic heterocycles. The van der Waals surface area contributed by atoms with Crippen molar-refractivity contribution in [3.05, 3.63) is 59.2 Å². The van der Waals surface area contributed by atoms with Crippen LogP contribution < -0.4 is 15.8 Å². The van der Waals surface area contributed by atoms with Crippen LogP contribution in [-0.4, -0.2) is 27.3 Å². The number of anilines is 1. The van der Waals surface area contributed by atoms with Crippen molar-refractivity contribution < 1.29 is 18.0 Å². The maximum Gasteiger partial charge on any atom is 0.251 e. The quantitative estimate of drug-likeness (QED) is 0.710. The zero-order valence-electron chi connectivity index (χ0n) is 14.6. The molecular weight excluding hydrogens is 354 g/mol. The van der Waals surface area contributed by atoms with Crippen molar-refractivity contribution in [1.29, 1.82) is 0 Å². The first-order chi connectivity index (χ1) is 12.2. The molecule has 4 N–H and O–H groups in total. The van der Waals surface area contributed by atoms with E-state index in [0.29, 0.717) is 17.7 Å². The van der Waals surface area contributed by atoms with E-state index >= 15 is 0 Å². The predicted octanol–water partition coefficient (Wildman–Crippen LogP) is 1.57. The minimum absolute atomic E-state index is 0.0346. The van der Waals surface area contributed by atoms with Crippen molar-refractivity contribution in [2.75, 3.05) is 12.4 Å². The van der Waals surface area contributed by atoms with E-state index in [9.17, 15) is 18.0 Å². The van der Waals surface area contributed by atoms with Crippen LogP contribution >= 0.6 is 0 Å². The summed E-state index contributed by atoms with van der Waals surface area (Å²) in [4.78, 5) is 23.9. The van der Waals surface area contributed by atoms with E-state index < -0.39 is 10.0 Å². The Morgan fingerprint density at radius 2 is 1.73 bits per heavy atom. The minimum atomic E-state index is -3.72. The number of nitrogens with one attached hydrogen (secondary N) is 2. The SMILES string of the molecule is CNC(=O)c1ccc(C)c(NC(=O)CCc2ccc(S(N)(=O)=O)cc2)c1. The monoisotopic (exact) mass is 375 g/mol. The summed E-state index contributed by atoms with van der Waals surface area (Å²) in [6.45, 7) is 1.84. The first-order valence-electron chi connectivity index (χ1n) is 7.95. The Kier molecular flexibility index (Phi) is 6.12. The van der Waals surface area contributed by atoms with Crippen LogP contribution in [0.2, 0.25) is 0 Å². The van der Waals surface area contributed by atoms with Crippen LogP contribution in [-0.2, 0) is 21.2 Å². The van der Waals surface area contributed by atoms with Gasteiger partial charge in [0, 0.05) is 24.7 Å². The van der Waals surface area contributed by atoms with Crippen molar-refractivity contribution in [3.8, 4) is 0 Å². The Morgan fingerprint density at radius 3 is 2.31 bits per heavy atom. The molecule has 2 aromatic rings.